The summed E-state index contributed by atoms with van der Waals surface area (Å²) in [6.07, 6.45) is 0. The molecule has 4 N–H and O–H groups in total. The third-order valence-corrected chi connectivity index (χ3v) is 3.05. The van der Waals surface area contributed by atoms with Gasteiger partial charge in [-0.05, 0) is 46.3 Å². The molecule has 0 bridgehead atoms. The van der Waals surface area contributed by atoms with Crippen molar-refractivity contribution in [1.29, 1.82) is 5.26 Å². The second kappa shape index (κ2) is 6.10. The zero-order valence-corrected chi connectivity index (χ0v) is 11.7. The van der Waals surface area contributed by atoms with Gasteiger partial charge in [0.25, 0.3) is 5.91 Å². The Kier molecular flexibility index (Phi) is 4.24. The number of halogens is 1. The van der Waals surface area contributed by atoms with E-state index >= 15 is 0 Å². The van der Waals surface area contributed by atoms with Crippen LogP contribution in [0.1, 0.15) is 16.1 Å². The number of carbonyl (C=O) groups excluding carboxylic acids is 1. The van der Waals surface area contributed by atoms with Gasteiger partial charge in [-0.2, -0.15) is 5.26 Å². The highest BCUT2D eigenvalue weighted by Gasteiger charge is 2.10. The van der Waals surface area contributed by atoms with Crippen molar-refractivity contribution in [3.63, 3.8) is 0 Å². The molecule has 0 radical (unpaired) electrons. The van der Waals surface area contributed by atoms with E-state index in [0.717, 1.165) is 0 Å². The van der Waals surface area contributed by atoms with E-state index in [0.29, 0.717) is 21.5 Å². The number of nitrogens with one attached hydrogen (secondary N) is 2. The van der Waals surface area contributed by atoms with Gasteiger partial charge in [0, 0.05) is 4.47 Å². The minimum absolute atomic E-state index is 0.153. The van der Waals surface area contributed by atoms with Crippen molar-refractivity contribution in [2.45, 2.75) is 0 Å². The smallest absolute Gasteiger partial charge is 0.276 e. The van der Waals surface area contributed by atoms with Crippen molar-refractivity contribution in [1.82, 2.24) is 10.2 Å². The van der Waals surface area contributed by atoms with Crippen LogP contribution in [-0.2, 0) is 0 Å². The van der Waals surface area contributed by atoms with Crippen LogP contribution in [0.3, 0.4) is 0 Å². The second-order valence-electron chi connectivity index (χ2n) is 3.71. The highest BCUT2D eigenvalue weighted by molar-refractivity contribution is 9.10. The van der Waals surface area contributed by atoms with Crippen molar-refractivity contribution in [2.24, 2.45) is 5.84 Å². The Hall–Kier alpha value is -2.50. The van der Waals surface area contributed by atoms with Crippen molar-refractivity contribution in [3.8, 4) is 6.07 Å². The van der Waals surface area contributed by atoms with E-state index in [1.165, 1.54) is 12.1 Å². The summed E-state index contributed by atoms with van der Waals surface area (Å²) < 4.78 is 0.609. The predicted octanol–water partition coefficient (Wildman–Crippen LogP) is 1.65. The molecule has 0 atom stereocenters. The molecule has 0 saturated heterocycles. The maximum atomic E-state index is 12.0. The van der Waals surface area contributed by atoms with E-state index in [1.54, 1.807) is 18.2 Å². The summed E-state index contributed by atoms with van der Waals surface area (Å²) in [5.41, 5.74) is 3.51. The number of nitrogens with zero attached hydrogens (tertiary/aromatic N) is 3. The summed E-state index contributed by atoms with van der Waals surface area (Å²) in [4.78, 5) is 12.0. The van der Waals surface area contributed by atoms with Crippen molar-refractivity contribution in [3.05, 3.63) is 46.1 Å². The largest absolute Gasteiger partial charge is 0.320 e. The number of nitrogens with two attached hydrogens (primary N) is 1. The minimum Gasteiger partial charge on any atom is -0.320 e. The van der Waals surface area contributed by atoms with Gasteiger partial charge < -0.3 is 10.7 Å². The molecule has 0 aliphatic rings. The van der Waals surface area contributed by atoms with Gasteiger partial charge in [-0.25, -0.2) is 5.84 Å². The fourth-order valence-electron chi connectivity index (χ4n) is 1.40. The number of aromatic nitrogens is 2. The van der Waals surface area contributed by atoms with Crippen LogP contribution in [-0.4, -0.2) is 16.1 Å². The maximum Gasteiger partial charge on any atom is 0.276 e. The number of benzene rings is 1. The molecule has 8 heteroatoms. The van der Waals surface area contributed by atoms with Gasteiger partial charge in [0.2, 0.25) is 0 Å². The van der Waals surface area contributed by atoms with Gasteiger partial charge in [-0.15, -0.1) is 10.2 Å². The quantitative estimate of drug-likeness (QED) is 0.581. The first kappa shape index (κ1) is 13.9. The number of hydrazine groups is 1. The van der Waals surface area contributed by atoms with E-state index in [4.69, 9.17) is 11.1 Å². The average molecular weight is 333 g/mol. The first-order valence-electron chi connectivity index (χ1n) is 5.45. The number of amides is 1. The zero-order valence-electron chi connectivity index (χ0n) is 10.1. The highest BCUT2D eigenvalue weighted by Crippen LogP contribution is 2.23. The van der Waals surface area contributed by atoms with E-state index < -0.39 is 5.91 Å². The Morgan fingerprint density at radius 1 is 1.30 bits per heavy atom. The highest BCUT2D eigenvalue weighted by atomic mass is 79.9. The summed E-state index contributed by atoms with van der Waals surface area (Å²) >= 11 is 3.28. The molecule has 2 rings (SSSR count). The number of rotatable bonds is 3. The molecule has 0 aliphatic carbocycles. The monoisotopic (exact) mass is 332 g/mol. The molecular weight excluding hydrogens is 324 g/mol. The SMILES string of the molecule is N#Cc1ccc(NC(=O)c2ccc(NN)nn2)c(Br)c1. The summed E-state index contributed by atoms with van der Waals surface area (Å²) in [5.74, 6) is 5.11. The molecule has 1 aromatic heterocycles. The van der Waals surface area contributed by atoms with Crippen LogP contribution < -0.4 is 16.6 Å². The molecule has 0 saturated carbocycles. The Balaban J connectivity index is 2.17. The third-order valence-electron chi connectivity index (χ3n) is 2.39. The molecule has 1 heterocycles. The van der Waals surface area contributed by atoms with E-state index in [9.17, 15) is 4.79 Å². The number of carbonyl (C=O) groups is 1. The number of nitriles is 1. The van der Waals surface area contributed by atoms with Crippen LogP contribution in [0.25, 0.3) is 0 Å². The second-order valence-corrected chi connectivity index (χ2v) is 4.56. The number of hydrogen-bond acceptors (Lipinski definition) is 6. The topological polar surface area (TPSA) is 117 Å². The van der Waals surface area contributed by atoms with Gasteiger partial charge in [0.1, 0.15) is 0 Å². The molecule has 20 heavy (non-hydrogen) atoms. The van der Waals surface area contributed by atoms with E-state index in [-0.39, 0.29) is 5.69 Å². The van der Waals surface area contributed by atoms with Gasteiger partial charge in [-0.3, -0.25) is 4.79 Å². The van der Waals surface area contributed by atoms with Gasteiger partial charge >= 0.3 is 0 Å². The number of hydrogen-bond donors (Lipinski definition) is 3. The normalized spacial score (nSPS) is 9.65. The van der Waals surface area contributed by atoms with Crippen LogP contribution in [0.4, 0.5) is 11.5 Å². The Labute approximate surface area is 122 Å². The summed E-state index contributed by atoms with van der Waals surface area (Å²) in [5, 5.41) is 18.9. The molecule has 1 aromatic carbocycles. The van der Waals surface area contributed by atoms with E-state index in [1.807, 2.05) is 6.07 Å². The predicted molar refractivity (Wildman–Crippen MR) is 76.7 cm³/mol. The molecule has 0 unspecified atom stereocenters. The Morgan fingerprint density at radius 2 is 2.10 bits per heavy atom. The zero-order chi connectivity index (χ0) is 14.5. The number of nitrogen functional groups attached to an aromatic ring is 1. The van der Waals surface area contributed by atoms with Crippen LogP contribution in [0.15, 0.2) is 34.8 Å². The fourth-order valence-corrected chi connectivity index (χ4v) is 1.88. The molecule has 7 nitrogen and oxygen atoms in total. The van der Waals surface area contributed by atoms with Crippen LogP contribution in [0, 0.1) is 11.3 Å². The molecule has 0 fully saturated rings. The molecule has 2 aromatic rings. The third kappa shape index (κ3) is 3.09. The molecule has 0 spiro atoms. The Morgan fingerprint density at radius 3 is 2.65 bits per heavy atom. The average Bonchev–Trinajstić information content (AvgIpc) is 2.49. The standard InChI is InChI=1S/C12H9BrN6O/c13-8-5-7(6-14)1-2-9(8)16-12(20)10-3-4-11(17-15)19-18-10/h1-5H,15H2,(H,16,20)(H,17,19). The summed E-state index contributed by atoms with van der Waals surface area (Å²) in [6.45, 7) is 0. The molecule has 1 amide bonds. The van der Waals surface area contributed by atoms with E-state index in [2.05, 4.69) is 36.9 Å². The lowest BCUT2D eigenvalue weighted by Gasteiger charge is -2.07. The van der Waals surface area contributed by atoms with Gasteiger partial charge in [0.05, 0.1) is 17.3 Å². The summed E-state index contributed by atoms with van der Waals surface area (Å²) in [6, 6.07) is 9.89. The Bertz CT molecular complexity index is 679. The number of anilines is 2. The van der Waals surface area contributed by atoms with Gasteiger partial charge in [-0.1, -0.05) is 0 Å². The lowest BCUT2D eigenvalue weighted by molar-refractivity contribution is 0.102. The first-order valence-corrected chi connectivity index (χ1v) is 6.24. The van der Waals surface area contributed by atoms with Crippen LogP contribution in [0.5, 0.6) is 0 Å². The first-order chi connectivity index (χ1) is 9.63. The lowest BCUT2D eigenvalue weighted by atomic mass is 10.2. The lowest BCUT2D eigenvalue weighted by Crippen LogP contribution is -2.16. The van der Waals surface area contributed by atoms with Gasteiger partial charge in [0.15, 0.2) is 11.5 Å². The molecular formula is C12H9BrN6O. The van der Waals surface area contributed by atoms with Crippen molar-refractivity contribution < 1.29 is 4.79 Å². The minimum atomic E-state index is -0.411. The molecule has 100 valence electrons. The fraction of sp³-hybridized carbons (Fsp3) is 0. The van der Waals surface area contributed by atoms with Crippen LogP contribution >= 0.6 is 15.9 Å². The maximum absolute atomic E-state index is 12.0. The van der Waals surface area contributed by atoms with Crippen LogP contribution in [0.2, 0.25) is 0 Å². The van der Waals surface area contributed by atoms with Crippen molar-refractivity contribution >= 4 is 33.3 Å². The summed E-state index contributed by atoms with van der Waals surface area (Å²) in [7, 11) is 0. The molecule has 0 aliphatic heterocycles. The van der Waals surface area contributed by atoms with Crippen molar-refractivity contribution in [2.75, 3.05) is 10.7 Å².